The van der Waals surface area contributed by atoms with Crippen LogP contribution in [0.2, 0.25) is 10.3 Å². The number of aliphatic hydroxyl groups excluding tert-OH is 1. The van der Waals surface area contributed by atoms with Gasteiger partial charge in [0.15, 0.2) is 17.2 Å². The Morgan fingerprint density at radius 1 is 0.976 bits per heavy atom. The fourth-order valence-corrected chi connectivity index (χ4v) is 5.30. The number of nitrogens with one attached hydrogen (secondary N) is 1. The van der Waals surface area contributed by atoms with E-state index < -0.39 is 6.29 Å². The number of Topliss-reactive ketones (excluding diaryl/α,β-unsaturated/α-hetero) is 1. The minimum atomic E-state index is -0.677. The van der Waals surface area contributed by atoms with Gasteiger partial charge in [0.25, 0.3) is 0 Å². The van der Waals surface area contributed by atoms with Crippen LogP contribution in [0.4, 0.5) is 5.69 Å². The lowest BCUT2D eigenvalue weighted by Crippen LogP contribution is -2.39. The second kappa shape index (κ2) is 13.2. The Balaban J connectivity index is 1.32. The second-order valence-corrected chi connectivity index (χ2v) is 11.1. The summed E-state index contributed by atoms with van der Waals surface area (Å²) in [6, 6.07) is 22.1. The van der Waals surface area contributed by atoms with Crippen molar-refractivity contribution in [2.24, 2.45) is 5.92 Å². The molecule has 0 saturated carbocycles. The van der Waals surface area contributed by atoms with Gasteiger partial charge in [0.1, 0.15) is 5.15 Å². The number of rotatable bonds is 9. The molecule has 0 radical (unpaired) electrons. The number of hydrogen-bond acceptors (Lipinski definition) is 6. The fourth-order valence-electron chi connectivity index (χ4n) is 4.99. The van der Waals surface area contributed by atoms with E-state index in [1.54, 1.807) is 35.2 Å². The van der Waals surface area contributed by atoms with E-state index in [1.165, 1.54) is 6.92 Å². The van der Waals surface area contributed by atoms with Crippen molar-refractivity contribution in [2.75, 3.05) is 5.32 Å². The number of benzene rings is 3. The van der Waals surface area contributed by atoms with Crippen molar-refractivity contribution < 1.29 is 24.2 Å². The summed E-state index contributed by atoms with van der Waals surface area (Å²) in [5, 5.41) is 12.9. The maximum atomic E-state index is 12.7. The first-order valence-electron chi connectivity index (χ1n) is 13.6. The molecular formula is C32H31Cl2N3O5. The van der Waals surface area contributed by atoms with E-state index >= 15 is 0 Å². The number of aliphatic hydroxyl groups is 1. The van der Waals surface area contributed by atoms with Gasteiger partial charge in [0.05, 0.1) is 38.1 Å². The van der Waals surface area contributed by atoms with Gasteiger partial charge in [-0.25, -0.2) is 4.98 Å². The second-order valence-electron chi connectivity index (χ2n) is 10.4. The maximum absolute atomic E-state index is 12.7. The summed E-state index contributed by atoms with van der Waals surface area (Å²) < 4.78 is 14.7. The van der Waals surface area contributed by atoms with Crippen LogP contribution in [0, 0.1) is 5.92 Å². The van der Waals surface area contributed by atoms with Gasteiger partial charge in [-0.1, -0.05) is 90.8 Å². The van der Waals surface area contributed by atoms with Gasteiger partial charge in [-0.2, -0.15) is 0 Å². The molecule has 4 unspecified atom stereocenters. The quantitative estimate of drug-likeness (QED) is 0.209. The fraction of sp³-hybridized carbons (Fsp3) is 0.281. The minimum Gasteiger partial charge on any atom is -0.392 e. The molecule has 1 aliphatic heterocycles. The first-order chi connectivity index (χ1) is 20.2. The maximum Gasteiger partial charge on any atom is 0.228 e. The zero-order valence-electron chi connectivity index (χ0n) is 23.2. The summed E-state index contributed by atoms with van der Waals surface area (Å²) in [5.74, 6) is -0.306. The van der Waals surface area contributed by atoms with Crippen LogP contribution >= 0.6 is 23.2 Å². The molecule has 10 heteroatoms. The van der Waals surface area contributed by atoms with Gasteiger partial charge >= 0.3 is 0 Å². The summed E-state index contributed by atoms with van der Waals surface area (Å²) in [5.41, 5.74) is 4.52. The summed E-state index contributed by atoms with van der Waals surface area (Å²) >= 11 is 12.4. The number of ether oxygens (including phenoxy) is 2. The van der Waals surface area contributed by atoms with Crippen molar-refractivity contribution in [2.45, 2.75) is 51.9 Å². The zero-order chi connectivity index (χ0) is 29.8. The monoisotopic (exact) mass is 607 g/mol. The molecule has 4 aromatic rings. The predicted molar refractivity (Wildman–Crippen MR) is 160 cm³/mol. The number of carbonyl (C=O) groups excluding carboxylic acids is 2. The summed E-state index contributed by atoms with van der Waals surface area (Å²) in [6.45, 7) is 3.94. The van der Waals surface area contributed by atoms with Crippen molar-refractivity contribution in [3.8, 4) is 0 Å². The van der Waals surface area contributed by atoms with Crippen LogP contribution in [0.25, 0.3) is 0 Å². The van der Waals surface area contributed by atoms with Crippen molar-refractivity contribution in [1.82, 2.24) is 9.55 Å². The smallest absolute Gasteiger partial charge is 0.228 e. The van der Waals surface area contributed by atoms with Crippen molar-refractivity contribution in [3.63, 3.8) is 0 Å². The van der Waals surface area contributed by atoms with Crippen molar-refractivity contribution >= 4 is 40.6 Å². The largest absolute Gasteiger partial charge is 0.392 e. The van der Waals surface area contributed by atoms with Crippen LogP contribution in [0.15, 0.2) is 79.1 Å². The third-order valence-corrected chi connectivity index (χ3v) is 8.17. The van der Waals surface area contributed by atoms with E-state index in [0.717, 1.165) is 22.3 Å². The SMILES string of the molecule is CC(=O)c1cccc(NC(=O)Cc2ccc(C3OC(Cn4cnc(Cl)c4Cl)C(C)C(c4ccc(CO)cc4)O3)cc2)c1. The highest BCUT2D eigenvalue weighted by atomic mass is 35.5. The lowest BCUT2D eigenvalue weighted by atomic mass is 9.90. The molecule has 218 valence electrons. The molecule has 8 nitrogen and oxygen atoms in total. The summed E-state index contributed by atoms with van der Waals surface area (Å²) in [4.78, 5) is 28.4. The van der Waals surface area contributed by atoms with Crippen LogP contribution in [0.5, 0.6) is 0 Å². The topological polar surface area (TPSA) is 103 Å². The first kappa shape index (κ1) is 29.9. The van der Waals surface area contributed by atoms with Crippen LogP contribution < -0.4 is 5.32 Å². The van der Waals surface area contributed by atoms with Crippen molar-refractivity contribution in [1.29, 1.82) is 0 Å². The molecule has 4 atom stereocenters. The first-order valence-corrected chi connectivity index (χ1v) is 14.3. The molecule has 0 bridgehead atoms. The Kier molecular flexibility index (Phi) is 9.40. The van der Waals surface area contributed by atoms with Crippen LogP contribution in [-0.4, -0.2) is 32.5 Å². The number of carbonyl (C=O) groups is 2. The Hall–Kier alpha value is -3.53. The molecule has 1 amide bonds. The summed E-state index contributed by atoms with van der Waals surface area (Å²) in [6.07, 6.45) is 0.493. The van der Waals surface area contributed by atoms with E-state index in [0.29, 0.717) is 22.9 Å². The molecule has 42 heavy (non-hydrogen) atoms. The number of nitrogens with zero attached hydrogens (tertiary/aromatic N) is 2. The van der Waals surface area contributed by atoms with Gasteiger partial charge in [0.2, 0.25) is 5.91 Å². The Labute approximate surface area is 254 Å². The molecular weight excluding hydrogens is 577 g/mol. The number of halogens is 2. The van der Waals surface area contributed by atoms with Gasteiger partial charge in [0, 0.05) is 22.7 Å². The molecule has 5 rings (SSSR count). The van der Waals surface area contributed by atoms with Crippen LogP contribution in [-0.2, 0) is 33.8 Å². The van der Waals surface area contributed by atoms with Crippen LogP contribution in [0.3, 0.4) is 0 Å². The molecule has 0 aliphatic carbocycles. The molecule has 1 fully saturated rings. The highest BCUT2D eigenvalue weighted by Gasteiger charge is 2.38. The Morgan fingerprint density at radius 3 is 2.31 bits per heavy atom. The third-order valence-electron chi connectivity index (χ3n) is 7.40. The highest BCUT2D eigenvalue weighted by Crippen LogP contribution is 2.42. The molecule has 3 aromatic carbocycles. The predicted octanol–water partition coefficient (Wildman–Crippen LogP) is 6.56. The van der Waals surface area contributed by atoms with E-state index in [4.69, 9.17) is 32.7 Å². The van der Waals surface area contributed by atoms with E-state index in [-0.39, 0.29) is 48.0 Å². The molecule has 2 heterocycles. The molecule has 0 spiro atoms. The summed E-state index contributed by atoms with van der Waals surface area (Å²) in [7, 11) is 0. The van der Waals surface area contributed by atoms with Gasteiger partial charge < -0.3 is 24.5 Å². The molecule has 1 aromatic heterocycles. The lowest BCUT2D eigenvalue weighted by molar-refractivity contribution is -0.276. The average molecular weight is 609 g/mol. The number of hydrogen-bond donors (Lipinski definition) is 2. The number of amides is 1. The molecule has 2 N–H and O–H groups in total. The third kappa shape index (κ3) is 6.91. The highest BCUT2D eigenvalue weighted by molar-refractivity contribution is 6.40. The van der Waals surface area contributed by atoms with E-state index in [2.05, 4.69) is 17.2 Å². The standard InChI is InChI=1S/C32H31Cl2N3O5/c1-19-27(16-37-18-35-30(33)31(37)34)41-32(42-29(19)23-10-8-22(17-38)9-11-23)24-12-6-21(7-13-24)14-28(40)36-26-5-3-4-25(15-26)20(2)39/h3-13,15,18-19,27,29,32,38H,14,16-17H2,1-2H3,(H,36,40). The zero-order valence-corrected chi connectivity index (χ0v) is 24.7. The normalized spacial score (nSPS) is 20.3. The Morgan fingerprint density at radius 2 is 1.67 bits per heavy atom. The number of anilines is 1. The number of imidazole rings is 1. The Bertz CT molecular complexity index is 1560. The van der Waals surface area contributed by atoms with Gasteiger partial charge in [-0.3, -0.25) is 9.59 Å². The van der Waals surface area contributed by atoms with Gasteiger partial charge in [-0.05, 0) is 35.7 Å². The minimum absolute atomic E-state index is 0.0369. The number of ketones is 1. The lowest BCUT2D eigenvalue weighted by Gasteiger charge is -2.41. The van der Waals surface area contributed by atoms with Crippen LogP contribution in [0.1, 0.15) is 58.9 Å². The average Bonchev–Trinajstić information content (AvgIpc) is 3.31. The molecule has 1 aliphatic rings. The van der Waals surface area contributed by atoms with E-state index in [9.17, 15) is 14.7 Å². The number of aromatic nitrogens is 2. The van der Waals surface area contributed by atoms with Gasteiger partial charge in [-0.15, -0.1) is 0 Å². The van der Waals surface area contributed by atoms with E-state index in [1.807, 2.05) is 48.5 Å². The molecule has 1 saturated heterocycles. The van der Waals surface area contributed by atoms with Crippen molar-refractivity contribution in [3.05, 3.63) is 117 Å².